The summed E-state index contributed by atoms with van der Waals surface area (Å²) in [5, 5.41) is 13.0. The van der Waals surface area contributed by atoms with Crippen molar-refractivity contribution in [3.8, 4) is 0 Å². The summed E-state index contributed by atoms with van der Waals surface area (Å²) in [6.07, 6.45) is 4.24. The lowest BCUT2D eigenvalue weighted by molar-refractivity contribution is -0.0765. The van der Waals surface area contributed by atoms with Crippen molar-refractivity contribution >= 4 is 27.3 Å². The van der Waals surface area contributed by atoms with Crippen LogP contribution in [0.2, 0.25) is 0 Å². The van der Waals surface area contributed by atoms with Gasteiger partial charge in [-0.3, -0.25) is 4.90 Å². The van der Waals surface area contributed by atoms with E-state index in [-0.39, 0.29) is 11.6 Å². The van der Waals surface area contributed by atoms with E-state index in [2.05, 4.69) is 20.8 Å². The molecule has 0 amide bonds. The Morgan fingerprint density at radius 1 is 1.32 bits per heavy atom. The van der Waals surface area contributed by atoms with Crippen LogP contribution in [0, 0.1) is 0 Å². The molecule has 19 heavy (non-hydrogen) atoms. The SMILES string of the molecule is OC(c1sccc1Br)C1(N2CCOCC2)CCCC1. The van der Waals surface area contributed by atoms with Gasteiger partial charge < -0.3 is 9.84 Å². The highest BCUT2D eigenvalue weighted by molar-refractivity contribution is 9.10. The molecule has 1 aromatic heterocycles. The highest BCUT2D eigenvalue weighted by Crippen LogP contribution is 2.47. The lowest BCUT2D eigenvalue weighted by atomic mass is 9.86. The molecule has 3 rings (SSSR count). The number of aliphatic hydroxyl groups excluding tert-OH is 1. The Bertz CT molecular complexity index is 425. The number of aliphatic hydroxyl groups is 1. The van der Waals surface area contributed by atoms with E-state index in [1.165, 1.54) is 12.8 Å². The number of halogens is 1. The molecule has 3 nitrogen and oxygen atoms in total. The van der Waals surface area contributed by atoms with Crippen molar-refractivity contribution in [1.29, 1.82) is 0 Å². The minimum Gasteiger partial charge on any atom is -0.386 e. The summed E-state index contributed by atoms with van der Waals surface area (Å²) in [7, 11) is 0. The Labute approximate surface area is 126 Å². The Kier molecular flexibility index (Phi) is 4.29. The minimum atomic E-state index is -0.387. The molecule has 0 aromatic carbocycles. The zero-order chi connectivity index (χ0) is 13.3. The smallest absolute Gasteiger partial charge is 0.108 e. The van der Waals surface area contributed by atoms with Crippen molar-refractivity contribution in [2.75, 3.05) is 26.3 Å². The third-order valence-electron chi connectivity index (χ3n) is 4.51. The average molecular weight is 346 g/mol. The van der Waals surface area contributed by atoms with Gasteiger partial charge in [0.25, 0.3) is 0 Å². The summed E-state index contributed by atoms with van der Waals surface area (Å²) >= 11 is 5.22. The number of rotatable bonds is 3. The second kappa shape index (κ2) is 5.82. The van der Waals surface area contributed by atoms with Crippen LogP contribution >= 0.6 is 27.3 Å². The van der Waals surface area contributed by atoms with E-state index in [0.29, 0.717) is 0 Å². The normalized spacial score (nSPS) is 25.6. The first-order valence-corrected chi connectivity index (χ1v) is 8.65. The predicted molar refractivity (Wildman–Crippen MR) is 80.6 cm³/mol. The van der Waals surface area contributed by atoms with Crippen LogP contribution in [0.15, 0.2) is 15.9 Å². The molecule has 1 aliphatic carbocycles. The standard InChI is InChI=1S/C14H20BrNO2S/c15-11-3-10-19-12(11)13(17)14(4-1-2-5-14)16-6-8-18-9-7-16/h3,10,13,17H,1-2,4-9H2. The van der Waals surface area contributed by atoms with Gasteiger partial charge in [0.1, 0.15) is 6.10 Å². The first-order chi connectivity index (χ1) is 9.24. The van der Waals surface area contributed by atoms with E-state index in [1.807, 2.05) is 11.4 Å². The second-order valence-electron chi connectivity index (χ2n) is 5.45. The molecule has 106 valence electrons. The fourth-order valence-corrected chi connectivity index (χ4v) is 5.19. The molecule has 1 atom stereocenters. The van der Waals surface area contributed by atoms with Crippen molar-refractivity contribution in [3.63, 3.8) is 0 Å². The molecule has 0 spiro atoms. The van der Waals surface area contributed by atoms with Gasteiger partial charge in [-0.15, -0.1) is 11.3 Å². The average Bonchev–Trinajstić information content (AvgIpc) is 3.08. The fraction of sp³-hybridized carbons (Fsp3) is 0.714. The molecule has 1 aliphatic heterocycles. The van der Waals surface area contributed by atoms with Gasteiger partial charge in [-0.2, -0.15) is 0 Å². The third kappa shape index (κ3) is 2.51. The van der Waals surface area contributed by atoms with Crippen molar-refractivity contribution in [1.82, 2.24) is 4.90 Å². The second-order valence-corrected chi connectivity index (χ2v) is 7.25. The van der Waals surface area contributed by atoms with Gasteiger partial charge in [0.2, 0.25) is 0 Å². The Morgan fingerprint density at radius 2 is 2.00 bits per heavy atom. The molecule has 0 radical (unpaired) electrons. The van der Waals surface area contributed by atoms with Gasteiger partial charge >= 0.3 is 0 Å². The van der Waals surface area contributed by atoms with Crippen LogP contribution in [-0.4, -0.2) is 41.8 Å². The van der Waals surface area contributed by atoms with Crippen LogP contribution in [-0.2, 0) is 4.74 Å². The highest BCUT2D eigenvalue weighted by Gasteiger charge is 2.47. The molecular weight excluding hydrogens is 326 g/mol. The molecule has 1 unspecified atom stereocenters. The van der Waals surface area contributed by atoms with Crippen LogP contribution in [0.3, 0.4) is 0 Å². The topological polar surface area (TPSA) is 32.7 Å². The van der Waals surface area contributed by atoms with E-state index in [1.54, 1.807) is 11.3 Å². The first-order valence-electron chi connectivity index (χ1n) is 6.98. The number of nitrogens with zero attached hydrogens (tertiary/aromatic N) is 1. The molecule has 1 N–H and O–H groups in total. The zero-order valence-corrected chi connectivity index (χ0v) is 13.4. The quantitative estimate of drug-likeness (QED) is 0.912. The molecule has 1 saturated heterocycles. The van der Waals surface area contributed by atoms with E-state index >= 15 is 0 Å². The molecule has 2 aliphatic rings. The van der Waals surface area contributed by atoms with E-state index < -0.39 is 0 Å². The van der Waals surface area contributed by atoms with Gasteiger partial charge in [0.05, 0.1) is 18.8 Å². The Hall–Kier alpha value is 0.0600. The Morgan fingerprint density at radius 3 is 2.58 bits per heavy atom. The number of hydrogen-bond donors (Lipinski definition) is 1. The first kappa shape index (κ1) is 14.0. The highest BCUT2D eigenvalue weighted by atomic mass is 79.9. The molecular formula is C14H20BrNO2S. The summed E-state index contributed by atoms with van der Waals surface area (Å²) < 4.78 is 6.51. The lowest BCUT2D eigenvalue weighted by Crippen LogP contribution is -2.55. The number of ether oxygens (including phenoxy) is 1. The van der Waals surface area contributed by atoms with Crippen molar-refractivity contribution in [3.05, 3.63) is 20.8 Å². The van der Waals surface area contributed by atoms with Gasteiger partial charge in [0.15, 0.2) is 0 Å². The lowest BCUT2D eigenvalue weighted by Gasteiger charge is -2.46. The maximum absolute atomic E-state index is 11.0. The third-order valence-corrected chi connectivity index (χ3v) is 6.44. The van der Waals surface area contributed by atoms with Gasteiger partial charge in [-0.1, -0.05) is 12.8 Å². The molecule has 0 bridgehead atoms. The largest absolute Gasteiger partial charge is 0.386 e. The number of morpholine rings is 1. The van der Waals surface area contributed by atoms with Crippen LogP contribution in [0.5, 0.6) is 0 Å². The zero-order valence-electron chi connectivity index (χ0n) is 11.0. The molecule has 1 aromatic rings. The summed E-state index contributed by atoms with van der Waals surface area (Å²) in [5.74, 6) is 0. The molecule has 5 heteroatoms. The summed E-state index contributed by atoms with van der Waals surface area (Å²) in [6.45, 7) is 3.47. The van der Waals surface area contributed by atoms with Gasteiger partial charge in [-0.05, 0) is 40.2 Å². The maximum Gasteiger partial charge on any atom is 0.108 e. The van der Waals surface area contributed by atoms with Crippen LogP contribution in [0.25, 0.3) is 0 Å². The van der Waals surface area contributed by atoms with Crippen LogP contribution in [0.1, 0.15) is 36.7 Å². The molecule has 1 saturated carbocycles. The summed E-state index contributed by atoms with van der Waals surface area (Å²) in [6, 6.07) is 2.03. The number of thiophene rings is 1. The maximum atomic E-state index is 11.0. The van der Waals surface area contributed by atoms with Gasteiger partial charge in [0, 0.05) is 22.4 Å². The van der Waals surface area contributed by atoms with Crippen molar-refractivity contribution < 1.29 is 9.84 Å². The van der Waals surface area contributed by atoms with E-state index in [4.69, 9.17) is 4.74 Å². The number of hydrogen-bond acceptors (Lipinski definition) is 4. The Balaban J connectivity index is 1.89. The van der Waals surface area contributed by atoms with E-state index in [0.717, 1.165) is 48.5 Å². The van der Waals surface area contributed by atoms with Crippen molar-refractivity contribution in [2.45, 2.75) is 37.3 Å². The predicted octanol–water partition coefficient (Wildman–Crippen LogP) is 3.19. The monoisotopic (exact) mass is 345 g/mol. The van der Waals surface area contributed by atoms with Crippen molar-refractivity contribution in [2.24, 2.45) is 0 Å². The fourth-order valence-electron chi connectivity index (χ4n) is 3.50. The van der Waals surface area contributed by atoms with Crippen LogP contribution < -0.4 is 0 Å². The van der Waals surface area contributed by atoms with E-state index in [9.17, 15) is 5.11 Å². The summed E-state index contributed by atoms with van der Waals surface area (Å²) in [4.78, 5) is 3.55. The summed E-state index contributed by atoms with van der Waals surface area (Å²) in [5.41, 5.74) is -0.0723. The minimum absolute atomic E-state index is 0.0723. The molecule has 2 fully saturated rings. The molecule has 2 heterocycles. The van der Waals surface area contributed by atoms with Crippen LogP contribution in [0.4, 0.5) is 0 Å². The van der Waals surface area contributed by atoms with Gasteiger partial charge in [-0.25, -0.2) is 0 Å².